The lowest BCUT2D eigenvalue weighted by Crippen LogP contribution is -2.07. The van der Waals surface area contributed by atoms with Crippen molar-refractivity contribution in [2.45, 2.75) is 96.8 Å². The number of ether oxygens (including phenoxy) is 1. The summed E-state index contributed by atoms with van der Waals surface area (Å²) < 4.78 is 5.44. The maximum atomic E-state index is 12.2. The largest absolute Gasteiger partial charge is 0.508 e. The molecule has 0 spiro atoms. The summed E-state index contributed by atoms with van der Waals surface area (Å²) in [7, 11) is 0. The van der Waals surface area contributed by atoms with Crippen LogP contribution in [0, 0.1) is 0 Å². The highest BCUT2D eigenvalue weighted by molar-refractivity contribution is 5.74. The van der Waals surface area contributed by atoms with Gasteiger partial charge in [-0.15, -0.1) is 0 Å². The fourth-order valence-electron chi connectivity index (χ4n) is 4.01. The van der Waals surface area contributed by atoms with Crippen molar-refractivity contribution in [3.63, 3.8) is 0 Å². The van der Waals surface area contributed by atoms with Gasteiger partial charge >= 0.3 is 5.97 Å². The minimum atomic E-state index is -0.262. The van der Waals surface area contributed by atoms with Crippen molar-refractivity contribution in [2.24, 2.45) is 0 Å². The van der Waals surface area contributed by atoms with E-state index in [1.165, 1.54) is 76.7 Å². The molecular formula is C30H42O4. The number of carbonyl (C=O) groups is 1. The first-order valence-electron chi connectivity index (χ1n) is 13.1. The van der Waals surface area contributed by atoms with Crippen LogP contribution in [0.25, 0.3) is 12.2 Å². The molecule has 2 aromatic rings. The molecule has 4 nitrogen and oxygen atoms in total. The van der Waals surface area contributed by atoms with Gasteiger partial charge in [-0.25, -0.2) is 0 Å². The highest BCUT2D eigenvalue weighted by Crippen LogP contribution is 2.24. The number of esters is 1. The second-order valence-electron chi connectivity index (χ2n) is 9.15. The number of rotatable bonds is 17. The lowest BCUT2D eigenvalue weighted by atomic mass is 10.0. The standard InChI is InChI=1S/C30H42O4/c1-2-3-4-5-6-7-8-9-10-11-12-13-14-15-30(33)34-29-23-26(22-28(32)24-29)17-16-25-18-20-27(31)21-19-25/h16-24,31-32H,2-15H2,1H3. The van der Waals surface area contributed by atoms with Crippen LogP contribution in [0.5, 0.6) is 17.2 Å². The average molecular weight is 467 g/mol. The fraction of sp³-hybridized carbons (Fsp3) is 0.500. The van der Waals surface area contributed by atoms with E-state index in [2.05, 4.69) is 6.92 Å². The first kappa shape index (κ1) is 27.5. The SMILES string of the molecule is CCCCCCCCCCCCCCCC(=O)Oc1cc(O)cc(C=Cc2ccc(O)cc2)c1. The summed E-state index contributed by atoms with van der Waals surface area (Å²) in [6.07, 6.45) is 20.6. The molecule has 2 aromatic carbocycles. The smallest absolute Gasteiger partial charge is 0.311 e. The minimum absolute atomic E-state index is 0.0524. The first-order chi connectivity index (χ1) is 16.6. The Morgan fingerprint density at radius 2 is 1.21 bits per heavy atom. The van der Waals surface area contributed by atoms with Gasteiger partial charge in [-0.1, -0.05) is 108 Å². The van der Waals surface area contributed by atoms with E-state index in [1.807, 2.05) is 12.2 Å². The van der Waals surface area contributed by atoms with Crippen LogP contribution in [0.2, 0.25) is 0 Å². The Balaban J connectivity index is 1.59. The minimum Gasteiger partial charge on any atom is -0.508 e. The van der Waals surface area contributed by atoms with E-state index in [1.54, 1.807) is 36.4 Å². The molecule has 2 N–H and O–H groups in total. The van der Waals surface area contributed by atoms with E-state index in [0.717, 1.165) is 24.0 Å². The zero-order valence-electron chi connectivity index (χ0n) is 20.8. The van der Waals surface area contributed by atoms with Crippen LogP contribution in [-0.2, 0) is 4.79 Å². The van der Waals surface area contributed by atoms with Gasteiger partial charge in [-0.05, 0) is 41.8 Å². The number of hydrogen-bond acceptors (Lipinski definition) is 4. The van der Waals surface area contributed by atoms with E-state index in [4.69, 9.17) is 4.74 Å². The molecule has 0 aliphatic rings. The molecule has 0 fully saturated rings. The molecule has 0 saturated carbocycles. The lowest BCUT2D eigenvalue weighted by Gasteiger charge is -2.07. The Kier molecular flexibility index (Phi) is 13.6. The molecule has 0 atom stereocenters. The van der Waals surface area contributed by atoms with Gasteiger partial charge in [0.1, 0.15) is 17.2 Å². The van der Waals surface area contributed by atoms with Gasteiger partial charge < -0.3 is 14.9 Å². The number of hydrogen-bond donors (Lipinski definition) is 2. The molecule has 0 aliphatic carbocycles. The molecule has 0 aliphatic heterocycles. The van der Waals surface area contributed by atoms with Gasteiger partial charge in [0.25, 0.3) is 0 Å². The Hall–Kier alpha value is -2.75. The molecular weight excluding hydrogens is 424 g/mol. The zero-order chi connectivity index (χ0) is 24.4. The van der Waals surface area contributed by atoms with Crippen molar-refractivity contribution in [3.8, 4) is 17.2 Å². The Morgan fingerprint density at radius 1 is 0.676 bits per heavy atom. The summed E-state index contributed by atoms with van der Waals surface area (Å²) in [5.41, 5.74) is 1.65. The Labute approximate surface area is 205 Å². The van der Waals surface area contributed by atoms with Gasteiger partial charge in [0.15, 0.2) is 0 Å². The van der Waals surface area contributed by atoms with Crippen LogP contribution < -0.4 is 4.74 Å². The van der Waals surface area contributed by atoms with Crippen molar-refractivity contribution < 1.29 is 19.7 Å². The predicted octanol–water partition coefficient (Wildman–Crippen LogP) is 8.65. The van der Waals surface area contributed by atoms with Crippen LogP contribution in [0.3, 0.4) is 0 Å². The topological polar surface area (TPSA) is 66.8 Å². The predicted molar refractivity (Wildman–Crippen MR) is 141 cm³/mol. The van der Waals surface area contributed by atoms with Gasteiger partial charge in [0.05, 0.1) is 0 Å². The highest BCUT2D eigenvalue weighted by atomic mass is 16.5. The third-order valence-corrected chi connectivity index (χ3v) is 5.99. The lowest BCUT2D eigenvalue weighted by molar-refractivity contribution is -0.134. The average Bonchev–Trinajstić information content (AvgIpc) is 2.81. The van der Waals surface area contributed by atoms with Crippen LogP contribution in [0.1, 0.15) is 108 Å². The number of unbranched alkanes of at least 4 members (excludes halogenated alkanes) is 12. The summed E-state index contributed by atoms with van der Waals surface area (Å²) in [4.78, 5) is 12.2. The highest BCUT2D eigenvalue weighted by Gasteiger charge is 2.07. The van der Waals surface area contributed by atoms with Crippen LogP contribution in [-0.4, -0.2) is 16.2 Å². The molecule has 2 rings (SSSR count). The van der Waals surface area contributed by atoms with Gasteiger partial charge in [0, 0.05) is 12.5 Å². The second kappa shape index (κ2) is 16.8. The van der Waals surface area contributed by atoms with Gasteiger partial charge in [-0.2, -0.15) is 0 Å². The van der Waals surface area contributed by atoms with Crippen molar-refractivity contribution in [3.05, 3.63) is 53.6 Å². The van der Waals surface area contributed by atoms with Crippen molar-refractivity contribution in [1.82, 2.24) is 0 Å². The number of phenolic OH excluding ortho intramolecular Hbond substituents is 2. The van der Waals surface area contributed by atoms with Crippen LogP contribution >= 0.6 is 0 Å². The summed E-state index contributed by atoms with van der Waals surface area (Å²) in [6, 6.07) is 11.6. The normalized spacial score (nSPS) is 11.2. The molecule has 0 amide bonds. The van der Waals surface area contributed by atoms with E-state index in [-0.39, 0.29) is 17.5 Å². The molecule has 0 bridgehead atoms. The molecule has 34 heavy (non-hydrogen) atoms. The first-order valence-corrected chi connectivity index (χ1v) is 13.1. The molecule has 0 saturated heterocycles. The fourth-order valence-corrected chi connectivity index (χ4v) is 4.01. The summed E-state index contributed by atoms with van der Waals surface area (Å²) in [6.45, 7) is 2.26. The number of benzene rings is 2. The zero-order valence-corrected chi connectivity index (χ0v) is 20.8. The Bertz CT molecular complexity index is 855. The summed E-state index contributed by atoms with van der Waals surface area (Å²) >= 11 is 0. The van der Waals surface area contributed by atoms with E-state index in [0.29, 0.717) is 12.2 Å². The van der Waals surface area contributed by atoms with E-state index < -0.39 is 0 Å². The molecule has 4 heteroatoms. The quantitative estimate of drug-likeness (QED) is 0.106. The maximum absolute atomic E-state index is 12.2. The molecule has 0 radical (unpaired) electrons. The van der Waals surface area contributed by atoms with Crippen LogP contribution in [0.4, 0.5) is 0 Å². The number of phenols is 2. The van der Waals surface area contributed by atoms with Crippen molar-refractivity contribution in [2.75, 3.05) is 0 Å². The van der Waals surface area contributed by atoms with E-state index in [9.17, 15) is 15.0 Å². The molecule has 186 valence electrons. The third kappa shape index (κ3) is 12.5. The second-order valence-corrected chi connectivity index (χ2v) is 9.15. The van der Waals surface area contributed by atoms with Gasteiger partial charge in [-0.3, -0.25) is 4.79 Å². The third-order valence-electron chi connectivity index (χ3n) is 5.99. The van der Waals surface area contributed by atoms with Crippen LogP contribution in [0.15, 0.2) is 42.5 Å². The molecule has 0 aromatic heterocycles. The number of aromatic hydroxyl groups is 2. The molecule has 0 heterocycles. The maximum Gasteiger partial charge on any atom is 0.311 e. The summed E-state index contributed by atoms with van der Waals surface area (Å²) in [5.74, 6) is 0.357. The number of carbonyl (C=O) groups excluding carboxylic acids is 1. The van der Waals surface area contributed by atoms with Gasteiger partial charge in [0.2, 0.25) is 0 Å². The monoisotopic (exact) mass is 466 g/mol. The van der Waals surface area contributed by atoms with E-state index >= 15 is 0 Å². The Morgan fingerprint density at radius 3 is 1.79 bits per heavy atom. The summed E-state index contributed by atoms with van der Waals surface area (Å²) in [5, 5.41) is 19.3. The molecule has 0 unspecified atom stereocenters. The van der Waals surface area contributed by atoms with Crippen molar-refractivity contribution >= 4 is 18.1 Å². The van der Waals surface area contributed by atoms with Crippen molar-refractivity contribution in [1.29, 1.82) is 0 Å².